The number of benzene rings is 2. The summed E-state index contributed by atoms with van der Waals surface area (Å²) in [4.78, 5) is 47.2. The number of Topliss-reactive ketones (excluding diaryl/α,β-unsaturated/α-hetero) is 1. The average molecular weight is 653 g/mol. The van der Waals surface area contributed by atoms with Crippen LogP contribution in [-0.2, 0) is 20.7 Å². The summed E-state index contributed by atoms with van der Waals surface area (Å²) in [6.07, 6.45) is 1.11. The predicted molar refractivity (Wildman–Crippen MR) is 166 cm³/mol. The standard InChI is InChI=1S/C34H40N2O11/c1-17-29(39)20(35-16-36-10-5-3-4-6-11-36)12-24(46-17)47-22-14-34(44,23(38)15-37)13-19-26(22)33(43)28-27(31(19)41)30(40)18-8-7-9-21(45-2)25(18)32(28)42/h7-9,16-17,20,22,24,29,37,39,41,43-44H,3-6,10-15H2,1-2H3/t17?,20-,22-,24?,29+,34?/m0/s1. The molecule has 2 saturated heterocycles. The Morgan fingerprint density at radius 3 is 2.47 bits per heavy atom. The first-order valence-electron chi connectivity index (χ1n) is 16.0. The number of aliphatic hydroxyl groups excluding tert-OH is 2. The van der Waals surface area contributed by atoms with Crippen LogP contribution in [0.15, 0.2) is 23.2 Å². The number of fused-ring (bicyclic) bond motifs is 3. The van der Waals surface area contributed by atoms with Crippen molar-refractivity contribution < 1.29 is 54.1 Å². The molecule has 0 aromatic heterocycles. The molecule has 2 fully saturated rings. The predicted octanol–water partition coefficient (Wildman–Crippen LogP) is 1.95. The van der Waals surface area contributed by atoms with Gasteiger partial charge in [-0.05, 0) is 25.8 Å². The molecule has 0 radical (unpaired) electrons. The molecule has 6 atom stereocenters. The summed E-state index contributed by atoms with van der Waals surface area (Å²) in [5.41, 5.74) is -3.57. The minimum Gasteiger partial charge on any atom is -0.507 e. The van der Waals surface area contributed by atoms with Crippen LogP contribution in [-0.4, -0.2) is 111 Å². The molecule has 0 saturated carbocycles. The highest BCUT2D eigenvalue weighted by Gasteiger charge is 2.50. The lowest BCUT2D eigenvalue weighted by molar-refractivity contribution is -0.247. The van der Waals surface area contributed by atoms with Gasteiger partial charge in [0.25, 0.3) is 0 Å². The van der Waals surface area contributed by atoms with E-state index >= 15 is 0 Å². The Morgan fingerprint density at radius 2 is 1.79 bits per heavy atom. The van der Waals surface area contributed by atoms with Gasteiger partial charge in [-0.25, -0.2) is 0 Å². The molecule has 2 aromatic carbocycles. The first kappa shape index (κ1) is 33.0. The molecule has 47 heavy (non-hydrogen) atoms. The van der Waals surface area contributed by atoms with Crippen molar-refractivity contribution in [2.24, 2.45) is 4.99 Å². The zero-order chi connectivity index (χ0) is 33.6. The molecule has 3 unspecified atom stereocenters. The number of phenolic OH excluding ortho intramolecular Hbond substituents is 2. The van der Waals surface area contributed by atoms with Crippen molar-refractivity contribution in [1.29, 1.82) is 0 Å². The van der Waals surface area contributed by atoms with Gasteiger partial charge in [0.15, 0.2) is 17.9 Å². The van der Waals surface area contributed by atoms with E-state index in [9.17, 15) is 39.9 Å². The zero-order valence-corrected chi connectivity index (χ0v) is 26.3. The number of aromatic hydroxyl groups is 2. The van der Waals surface area contributed by atoms with Crippen molar-refractivity contribution in [2.45, 2.75) is 88.1 Å². The van der Waals surface area contributed by atoms with Gasteiger partial charge in [0.05, 0.1) is 48.4 Å². The van der Waals surface area contributed by atoms with Crippen LogP contribution in [0.4, 0.5) is 0 Å². The van der Waals surface area contributed by atoms with Gasteiger partial charge < -0.3 is 44.6 Å². The third-order valence-corrected chi connectivity index (χ3v) is 9.79. The molecule has 6 rings (SSSR count). The molecule has 2 aromatic rings. The first-order valence-corrected chi connectivity index (χ1v) is 16.0. The van der Waals surface area contributed by atoms with Crippen molar-refractivity contribution in [3.63, 3.8) is 0 Å². The molecule has 13 nitrogen and oxygen atoms in total. The number of aliphatic hydroxyl groups is 3. The minimum atomic E-state index is -2.25. The van der Waals surface area contributed by atoms with E-state index in [2.05, 4.69) is 9.89 Å². The normalized spacial score (nSPS) is 29.2. The molecule has 4 aliphatic rings. The smallest absolute Gasteiger partial charge is 0.202 e. The van der Waals surface area contributed by atoms with Crippen LogP contribution in [0.5, 0.6) is 17.2 Å². The number of hydrogen-bond donors (Lipinski definition) is 5. The number of rotatable bonds is 7. The second-order valence-corrected chi connectivity index (χ2v) is 12.8. The van der Waals surface area contributed by atoms with Crippen LogP contribution in [0.1, 0.15) is 94.5 Å². The van der Waals surface area contributed by atoms with Crippen LogP contribution in [0.3, 0.4) is 0 Å². The Labute approximate surface area is 271 Å². The fraction of sp³-hybridized carbons (Fsp3) is 0.529. The lowest BCUT2D eigenvalue weighted by Gasteiger charge is -2.42. The van der Waals surface area contributed by atoms with Crippen LogP contribution in [0.2, 0.25) is 0 Å². The molecule has 0 spiro atoms. The summed E-state index contributed by atoms with van der Waals surface area (Å²) >= 11 is 0. The van der Waals surface area contributed by atoms with E-state index in [0.717, 1.165) is 38.8 Å². The molecule has 2 aliphatic carbocycles. The van der Waals surface area contributed by atoms with Crippen molar-refractivity contribution in [2.75, 3.05) is 26.8 Å². The highest BCUT2D eigenvalue weighted by atomic mass is 16.7. The molecule has 2 aliphatic heterocycles. The van der Waals surface area contributed by atoms with E-state index in [0.29, 0.717) is 0 Å². The van der Waals surface area contributed by atoms with E-state index in [4.69, 9.17) is 14.2 Å². The number of likely N-dealkylation sites (tertiary alicyclic amines) is 1. The molecular weight excluding hydrogens is 612 g/mol. The second kappa shape index (κ2) is 13.0. The van der Waals surface area contributed by atoms with Crippen LogP contribution >= 0.6 is 0 Å². The van der Waals surface area contributed by atoms with Gasteiger partial charge in [-0.2, -0.15) is 0 Å². The third kappa shape index (κ3) is 5.80. The largest absolute Gasteiger partial charge is 0.507 e. The quantitative estimate of drug-likeness (QED) is 0.142. The van der Waals surface area contributed by atoms with Gasteiger partial charge in [0.1, 0.15) is 35.6 Å². The van der Waals surface area contributed by atoms with Gasteiger partial charge in [-0.3, -0.25) is 19.4 Å². The number of hydrogen-bond acceptors (Lipinski definition) is 12. The van der Waals surface area contributed by atoms with Gasteiger partial charge in [-0.1, -0.05) is 25.0 Å². The lowest BCUT2D eigenvalue weighted by atomic mass is 9.72. The van der Waals surface area contributed by atoms with Crippen LogP contribution in [0, 0.1) is 0 Å². The van der Waals surface area contributed by atoms with Gasteiger partial charge >= 0.3 is 0 Å². The molecular formula is C34H40N2O11. The fourth-order valence-corrected chi connectivity index (χ4v) is 7.23. The van der Waals surface area contributed by atoms with Crippen molar-refractivity contribution in [1.82, 2.24) is 4.90 Å². The maximum atomic E-state index is 13.9. The molecule has 13 heteroatoms. The molecule has 5 N–H and O–H groups in total. The van der Waals surface area contributed by atoms with Crippen LogP contribution < -0.4 is 4.74 Å². The summed E-state index contributed by atoms with van der Waals surface area (Å²) in [6, 6.07) is 3.79. The van der Waals surface area contributed by atoms with E-state index in [1.54, 1.807) is 13.3 Å². The summed E-state index contributed by atoms with van der Waals surface area (Å²) in [5.74, 6) is -3.71. The molecule has 0 bridgehead atoms. The maximum Gasteiger partial charge on any atom is 0.202 e. The number of nitrogens with zero attached hydrogens (tertiary/aromatic N) is 2. The number of carbonyl (C=O) groups excluding carboxylic acids is 3. The topological polar surface area (TPSA) is 196 Å². The zero-order valence-electron chi connectivity index (χ0n) is 26.3. The number of ketones is 3. The minimum absolute atomic E-state index is 0.0447. The van der Waals surface area contributed by atoms with Crippen LogP contribution in [0.25, 0.3) is 0 Å². The number of methoxy groups -OCH3 is 1. The number of aliphatic imine (C=N–C) groups is 1. The van der Waals surface area contributed by atoms with E-state index in [-0.39, 0.29) is 34.4 Å². The monoisotopic (exact) mass is 652 g/mol. The Balaban J connectivity index is 1.39. The van der Waals surface area contributed by atoms with Crippen molar-refractivity contribution in [3.8, 4) is 17.2 Å². The van der Waals surface area contributed by atoms with E-state index < -0.39 is 95.7 Å². The number of phenols is 2. The molecule has 2 heterocycles. The van der Waals surface area contributed by atoms with E-state index in [1.165, 1.54) is 25.3 Å². The molecule has 0 amide bonds. The third-order valence-electron chi connectivity index (χ3n) is 9.79. The highest BCUT2D eigenvalue weighted by Crippen LogP contribution is 2.52. The fourth-order valence-electron chi connectivity index (χ4n) is 7.23. The first-order chi connectivity index (χ1) is 22.5. The average Bonchev–Trinajstić information content (AvgIpc) is 3.34. The summed E-state index contributed by atoms with van der Waals surface area (Å²) in [5, 5.41) is 55.3. The van der Waals surface area contributed by atoms with Gasteiger partial charge in [-0.15, -0.1) is 0 Å². The summed E-state index contributed by atoms with van der Waals surface area (Å²) in [7, 11) is 1.34. The summed E-state index contributed by atoms with van der Waals surface area (Å²) < 4.78 is 17.6. The van der Waals surface area contributed by atoms with E-state index in [1.807, 2.05) is 0 Å². The van der Waals surface area contributed by atoms with Crippen molar-refractivity contribution in [3.05, 3.63) is 51.6 Å². The Morgan fingerprint density at radius 1 is 1.09 bits per heavy atom. The Kier molecular flexibility index (Phi) is 9.11. The Hall–Kier alpha value is -3.88. The number of carbonyl (C=O) groups is 3. The van der Waals surface area contributed by atoms with Crippen molar-refractivity contribution >= 4 is 23.7 Å². The highest BCUT2D eigenvalue weighted by molar-refractivity contribution is 6.31. The maximum absolute atomic E-state index is 13.9. The SMILES string of the molecule is COc1cccc2c1C(=O)c1c(O)c3c(c(O)c1C2=O)CC(O)(C(=O)CO)C[C@@H]3OC1C[C@H](N=CN2CCCCCC2)[C@H](O)C(C)O1. The number of ether oxygens (including phenoxy) is 3. The summed E-state index contributed by atoms with van der Waals surface area (Å²) in [6.45, 7) is 2.36. The van der Waals surface area contributed by atoms with Gasteiger partial charge in [0.2, 0.25) is 5.78 Å². The molecule has 252 valence electrons. The second-order valence-electron chi connectivity index (χ2n) is 12.8. The van der Waals surface area contributed by atoms with Gasteiger partial charge in [0, 0.05) is 49.0 Å². The Bertz CT molecular complexity index is 1620. The lowest BCUT2D eigenvalue weighted by Crippen LogP contribution is -2.50.